The molecule has 0 aromatic heterocycles. The maximum Gasteiger partial charge on any atom is 0.452 e. The molecule has 0 heterocycles. The van der Waals surface area contributed by atoms with Crippen LogP contribution in [0.4, 0.5) is 17.6 Å². The molecule has 0 spiro atoms. The molecule has 0 aromatic rings. The van der Waals surface area contributed by atoms with Crippen LogP contribution >= 0.6 is 0 Å². The van der Waals surface area contributed by atoms with Gasteiger partial charge in [-0.2, -0.15) is 17.6 Å². The first-order valence-electron chi connectivity index (χ1n) is 3.48. The average Bonchev–Trinajstić information content (AvgIpc) is 2.02. The molecule has 6 heteroatoms. The zero-order valence-corrected chi connectivity index (χ0v) is 7.03. The van der Waals surface area contributed by atoms with Crippen LogP contribution in [-0.4, -0.2) is 25.4 Å². The summed E-state index contributed by atoms with van der Waals surface area (Å²) in [5.74, 6) is -3.83. The van der Waals surface area contributed by atoms with Crippen molar-refractivity contribution in [2.75, 3.05) is 13.4 Å². The average molecular weight is 202 g/mol. The Bertz CT molecular complexity index is 168. The standard InChI is InChI=1S/C7H10F4O2/c1-3-6(8,7(9,10)11)13-5-12-4-2/h3H,1,4-5H2,2H3. The van der Waals surface area contributed by atoms with E-state index in [2.05, 4.69) is 16.1 Å². The van der Waals surface area contributed by atoms with Gasteiger partial charge in [0.2, 0.25) is 0 Å². The molecule has 13 heavy (non-hydrogen) atoms. The Morgan fingerprint density at radius 1 is 1.31 bits per heavy atom. The SMILES string of the molecule is C=CC(F)(OCOCC)C(F)(F)F. The highest BCUT2D eigenvalue weighted by molar-refractivity contribution is 4.94. The molecule has 0 saturated carbocycles. The van der Waals surface area contributed by atoms with Gasteiger partial charge in [0.1, 0.15) is 0 Å². The number of hydrogen-bond donors (Lipinski definition) is 0. The van der Waals surface area contributed by atoms with Crippen LogP contribution in [0.25, 0.3) is 0 Å². The van der Waals surface area contributed by atoms with E-state index in [0.29, 0.717) is 0 Å². The van der Waals surface area contributed by atoms with Crippen LogP contribution in [-0.2, 0) is 9.47 Å². The van der Waals surface area contributed by atoms with E-state index in [-0.39, 0.29) is 12.7 Å². The Morgan fingerprint density at radius 2 is 1.85 bits per heavy atom. The summed E-state index contributed by atoms with van der Waals surface area (Å²) in [6.45, 7) is 3.63. The van der Waals surface area contributed by atoms with Crippen molar-refractivity contribution in [2.45, 2.75) is 19.0 Å². The molecule has 2 nitrogen and oxygen atoms in total. The number of halogens is 4. The maximum atomic E-state index is 12.8. The zero-order chi connectivity index (χ0) is 10.5. The van der Waals surface area contributed by atoms with Gasteiger partial charge >= 0.3 is 12.0 Å². The van der Waals surface area contributed by atoms with Crippen LogP contribution in [0.3, 0.4) is 0 Å². The lowest BCUT2D eigenvalue weighted by Gasteiger charge is -2.23. The van der Waals surface area contributed by atoms with Gasteiger partial charge in [0.15, 0.2) is 6.79 Å². The minimum Gasteiger partial charge on any atom is -0.356 e. The molecule has 0 aliphatic heterocycles. The molecule has 0 N–H and O–H groups in total. The summed E-state index contributed by atoms with van der Waals surface area (Å²) in [6, 6.07) is 0. The normalized spacial score (nSPS) is 16.7. The largest absolute Gasteiger partial charge is 0.452 e. The predicted octanol–water partition coefficient (Wildman–Crippen LogP) is 2.41. The van der Waals surface area contributed by atoms with Crippen LogP contribution in [0.5, 0.6) is 0 Å². The molecule has 78 valence electrons. The summed E-state index contributed by atoms with van der Waals surface area (Å²) < 4.78 is 56.8. The second-order valence-electron chi connectivity index (χ2n) is 2.10. The number of ether oxygens (including phenoxy) is 2. The highest BCUT2D eigenvalue weighted by Gasteiger charge is 2.55. The van der Waals surface area contributed by atoms with E-state index in [1.54, 1.807) is 6.92 Å². The molecule has 0 radical (unpaired) electrons. The fourth-order valence-electron chi connectivity index (χ4n) is 0.467. The predicted molar refractivity (Wildman–Crippen MR) is 37.7 cm³/mol. The smallest absolute Gasteiger partial charge is 0.356 e. The molecule has 1 atom stereocenters. The highest BCUT2D eigenvalue weighted by atomic mass is 19.4. The molecular weight excluding hydrogens is 192 g/mol. The minimum atomic E-state index is -5.13. The first-order valence-corrected chi connectivity index (χ1v) is 3.48. The lowest BCUT2D eigenvalue weighted by atomic mass is 10.3. The Labute approximate surface area is 73.1 Å². The summed E-state index contributed by atoms with van der Waals surface area (Å²) in [6.07, 6.45) is -5.09. The van der Waals surface area contributed by atoms with Crippen molar-refractivity contribution < 1.29 is 27.0 Å². The molecule has 0 aliphatic rings. The summed E-state index contributed by atoms with van der Waals surface area (Å²) in [4.78, 5) is 0. The third kappa shape index (κ3) is 3.31. The van der Waals surface area contributed by atoms with Gasteiger partial charge in [-0.1, -0.05) is 6.58 Å². The molecular formula is C7H10F4O2. The number of hydrogen-bond acceptors (Lipinski definition) is 2. The number of rotatable bonds is 5. The molecule has 0 saturated heterocycles. The van der Waals surface area contributed by atoms with Gasteiger partial charge < -0.3 is 9.47 Å². The molecule has 0 aromatic carbocycles. The summed E-state index contributed by atoms with van der Waals surface area (Å²) >= 11 is 0. The van der Waals surface area contributed by atoms with E-state index in [1.165, 1.54) is 0 Å². The van der Waals surface area contributed by atoms with E-state index >= 15 is 0 Å². The fraction of sp³-hybridized carbons (Fsp3) is 0.714. The number of alkyl halides is 4. The lowest BCUT2D eigenvalue weighted by molar-refractivity contribution is -0.327. The van der Waals surface area contributed by atoms with Gasteiger partial charge in [0.05, 0.1) is 0 Å². The molecule has 1 unspecified atom stereocenters. The molecule has 0 amide bonds. The van der Waals surface area contributed by atoms with Gasteiger partial charge in [-0.3, -0.25) is 0 Å². The molecule has 0 rings (SSSR count). The Kier molecular flexibility index (Phi) is 4.35. The van der Waals surface area contributed by atoms with Crippen molar-refractivity contribution in [3.8, 4) is 0 Å². The maximum absolute atomic E-state index is 12.8. The Hall–Kier alpha value is -0.620. The van der Waals surface area contributed by atoms with E-state index in [4.69, 9.17) is 0 Å². The first kappa shape index (κ1) is 12.4. The van der Waals surface area contributed by atoms with Gasteiger partial charge in [-0.15, -0.1) is 0 Å². The lowest BCUT2D eigenvalue weighted by Crippen LogP contribution is -2.42. The third-order valence-electron chi connectivity index (χ3n) is 1.21. The fourth-order valence-corrected chi connectivity index (χ4v) is 0.467. The van der Waals surface area contributed by atoms with Crippen LogP contribution in [0.1, 0.15) is 6.92 Å². The monoisotopic (exact) mass is 202 g/mol. The van der Waals surface area contributed by atoms with E-state index < -0.39 is 18.8 Å². The van der Waals surface area contributed by atoms with E-state index in [0.717, 1.165) is 0 Å². The van der Waals surface area contributed by atoms with Gasteiger partial charge in [-0.05, 0) is 13.0 Å². The zero-order valence-electron chi connectivity index (χ0n) is 7.03. The topological polar surface area (TPSA) is 18.5 Å². The van der Waals surface area contributed by atoms with Crippen molar-refractivity contribution in [3.63, 3.8) is 0 Å². The molecule has 0 aliphatic carbocycles. The van der Waals surface area contributed by atoms with Crippen molar-refractivity contribution in [2.24, 2.45) is 0 Å². The van der Waals surface area contributed by atoms with Crippen LogP contribution in [0.2, 0.25) is 0 Å². The van der Waals surface area contributed by atoms with Crippen molar-refractivity contribution in [3.05, 3.63) is 12.7 Å². The summed E-state index contributed by atoms with van der Waals surface area (Å²) in [5.41, 5.74) is 0. The van der Waals surface area contributed by atoms with Crippen molar-refractivity contribution in [1.82, 2.24) is 0 Å². The molecule has 0 fully saturated rings. The second-order valence-corrected chi connectivity index (χ2v) is 2.10. The third-order valence-corrected chi connectivity index (χ3v) is 1.21. The van der Waals surface area contributed by atoms with Crippen LogP contribution in [0, 0.1) is 0 Å². The van der Waals surface area contributed by atoms with Crippen LogP contribution in [0.15, 0.2) is 12.7 Å². The van der Waals surface area contributed by atoms with E-state index in [9.17, 15) is 17.6 Å². The van der Waals surface area contributed by atoms with Gasteiger partial charge in [0, 0.05) is 6.61 Å². The Morgan fingerprint density at radius 3 is 2.15 bits per heavy atom. The van der Waals surface area contributed by atoms with E-state index in [1.807, 2.05) is 0 Å². The van der Waals surface area contributed by atoms with Crippen LogP contribution < -0.4 is 0 Å². The highest BCUT2D eigenvalue weighted by Crippen LogP contribution is 2.35. The Balaban J connectivity index is 4.21. The second kappa shape index (κ2) is 4.57. The summed E-state index contributed by atoms with van der Waals surface area (Å²) in [5, 5.41) is 0. The van der Waals surface area contributed by atoms with Gasteiger partial charge in [-0.25, -0.2) is 0 Å². The first-order chi connectivity index (χ1) is 5.87. The molecule has 0 bridgehead atoms. The quantitative estimate of drug-likeness (QED) is 0.295. The minimum absolute atomic E-state index is 0.0476. The van der Waals surface area contributed by atoms with Crippen molar-refractivity contribution >= 4 is 0 Å². The van der Waals surface area contributed by atoms with Crippen molar-refractivity contribution in [1.29, 1.82) is 0 Å². The van der Waals surface area contributed by atoms with Gasteiger partial charge in [0.25, 0.3) is 0 Å². The summed E-state index contributed by atoms with van der Waals surface area (Å²) in [7, 11) is 0.